The van der Waals surface area contributed by atoms with Gasteiger partial charge in [0.2, 0.25) is 0 Å². The topological polar surface area (TPSA) is 23.5 Å². The van der Waals surface area contributed by atoms with Crippen LogP contribution in [-0.4, -0.2) is 35.2 Å². The lowest BCUT2D eigenvalue weighted by molar-refractivity contribution is 0.180. The van der Waals surface area contributed by atoms with Gasteiger partial charge >= 0.3 is 0 Å². The minimum absolute atomic E-state index is 0.326. The molecule has 0 aliphatic carbocycles. The number of fused-ring (bicyclic) bond motifs is 2. The van der Waals surface area contributed by atoms with Crippen molar-refractivity contribution >= 4 is 11.6 Å². The van der Waals surface area contributed by atoms with Crippen LogP contribution in [0.2, 0.25) is 0 Å². The van der Waals surface area contributed by atoms with Crippen molar-refractivity contribution in [3.8, 4) is 0 Å². The van der Waals surface area contributed by atoms with Gasteiger partial charge in [-0.2, -0.15) is 0 Å². The second kappa shape index (κ2) is 3.60. The van der Waals surface area contributed by atoms with Crippen molar-refractivity contribution in [2.75, 3.05) is 13.2 Å². The molecule has 2 rings (SSSR count). The van der Waals surface area contributed by atoms with Crippen LogP contribution in [0.1, 0.15) is 19.3 Å². The van der Waals surface area contributed by atoms with Crippen LogP contribution in [0.5, 0.6) is 0 Å². The maximum atomic E-state index is 9.16. The number of halogens is 1. The number of aliphatic hydroxyl groups excluding tert-OH is 1. The van der Waals surface area contributed by atoms with Gasteiger partial charge in [0.1, 0.15) is 0 Å². The summed E-state index contributed by atoms with van der Waals surface area (Å²) in [5.74, 6) is 0.481. The highest BCUT2D eigenvalue weighted by Gasteiger charge is 2.45. The molecule has 2 nitrogen and oxygen atoms in total. The molecule has 0 radical (unpaired) electrons. The van der Waals surface area contributed by atoms with Crippen LogP contribution < -0.4 is 0 Å². The molecule has 2 saturated heterocycles. The number of rotatable bonds is 3. The maximum absolute atomic E-state index is 9.16. The van der Waals surface area contributed by atoms with Gasteiger partial charge in [-0.1, -0.05) is 18.2 Å². The van der Waals surface area contributed by atoms with E-state index in [4.69, 9.17) is 16.7 Å². The standard InChI is InChI=1S/C10H16ClNO/c1-7(11)5-12-9-2-3-10(12)8(4-9)6-13/h8-10,13H,1-6H2. The summed E-state index contributed by atoms with van der Waals surface area (Å²) in [5, 5.41) is 9.88. The van der Waals surface area contributed by atoms with E-state index in [0.29, 0.717) is 24.6 Å². The Morgan fingerprint density at radius 1 is 1.54 bits per heavy atom. The summed E-state index contributed by atoms with van der Waals surface area (Å²) in [6.45, 7) is 4.85. The van der Waals surface area contributed by atoms with Crippen LogP contribution in [0.15, 0.2) is 11.6 Å². The van der Waals surface area contributed by atoms with Crippen LogP contribution in [0, 0.1) is 5.92 Å². The van der Waals surface area contributed by atoms with Crippen molar-refractivity contribution in [3.63, 3.8) is 0 Å². The van der Waals surface area contributed by atoms with Gasteiger partial charge in [0.25, 0.3) is 0 Å². The van der Waals surface area contributed by atoms with Crippen molar-refractivity contribution < 1.29 is 5.11 Å². The Morgan fingerprint density at radius 2 is 2.31 bits per heavy atom. The zero-order valence-electron chi connectivity index (χ0n) is 7.75. The van der Waals surface area contributed by atoms with E-state index in [1.807, 2.05) is 0 Å². The highest BCUT2D eigenvalue weighted by Crippen LogP contribution is 2.41. The van der Waals surface area contributed by atoms with Crippen molar-refractivity contribution in [1.82, 2.24) is 4.90 Å². The summed E-state index contributed by atoms with van der Waals surface area (Å²) < 4.78 is 0. The maximum Gasteiger partial charge on any atom is 0.0474 e. The number of aliphatic hydroxyl groups is 1. The average molecular weight is 202 g/mol. The number of nitrogens with zero attached hydrogens (tertiary/aromatic N) is 1. The third-order valence-corrected chi connectivity index (χ3v) is 3.52. The molecule has 0 saturated carbocycles. The molecule has 2 aliphatic heterocycles. The van der Waals surface area contributed by atoms with Gasteiger partial charge in [-0.3, -0.25) is 4.90 Å². The second-order valence-electron chi connectivity index (χ2n) is 4.17. The quantitative estimate of drug-likeness (QED) is 0.750. The van der Waals surface area contributed by atoms with Crippen molar-refractivity contribution in [3.05, 3.63) is 11.6 Å². The van der Waals surface area contributed by atoms with Gasteiger partial charge in [-0.25, -0.2) is 0 Å². The molecule has 13 heavy (non-hydrogen) atoms. The summed E-state index contributed by atoms with van der Waals surface area (Å²) in [6.07, 6.45) is 3.64. The lowest BCUT2D eigenvalue weighted by Gasteiger charge is -2.22. The molecule has 2 heterocycles. The first kappa shape index (κ1) is 9.50. The van der Waals surface area contributed by atoms with E-state index < -0.39 is 0 Å². The van der Waals surface area contributed by atoms with Crippen LogP contribution in [0.4, 0.5) is 0 Å². The van der Waals surface area contributed by atoms with Gasteiger partial charge in [-0.05, 0) is 25.2 Å². The summed E-state index contributed by atoms with van der Waals surface area (Å²) >= 11 is 5.81. The summed E-state index contributed by atoms with van der Waals surface area (Å²) in [7, 11) is 0. The largest absolute Gasteiger partial charge is 0.396 e. The molecule has 2 bridgehead atoms. The molecule has 2 fully saturated rings. The van der Waals surface area contributed by atoms with E-state index >= 15 is 0 Å². The first-order valence-corrected chi connectivity index (χ1v) is 5.30. The predicted octanol–water partition coefficient (Wildman–Crippen LogP) is 1.58. The van der Waals surface area contributed by atoms with Crippen LogP contribution in [0.3, 0.4) is 0 Å². The summed E-state index contributed by atoms with van der Waals surface area (Å²) in [6, 6.07) is 1.21. The molecule has 0 aromatic heterocycles. The fourth-order valence-electron chi connectivity index (χ4n) is 2.87. The Morgan fingerprint density at radius 3 is 2.85 bits per heavy atom. The van der Waals surface area contributed by atoms with Crippen LogP contribution in [-0.2, 0) is 0 Å². The van der Waals surface area contributed by atoms with E-state index in [1.54, 1.807) is 0 Å². The predicted molar refractivity (Wildman–Crippen MR) is 53.7 cm³/mol. The molecule has 2 aliphatic rings. The minimum Gasteiger partial charge on any atom is -0.396 e. The first-order valence-electron chi connectivity index (χ1n) is 4.92. The lowest BCUT2D eigenvalue weighted by Crippen LogP contribution is -2.32. The first-order chi connectivity index (χ1) is 6.22. The molecule has 0 aromatic carbocycles. The Bertz CT molecular complexity index is 219. The zero-order valence-corrected chi connectivity index (χ0v) is 8.50. The molecule has 74 valence electrons. The van der Waals surface area contributed by atoms with Crippen molar-refractivity contribution in [2.45, 2.75) is 31.3 Å². The molecule has 1 N–H and O–H groups in total. The Labute approximate surface area is 84.2 Å². The molecule has 0 aromatic rings. The molecular weight excluding hydrogens is 186 g/mol. The molecule has 3 heteroatoms. The van der Waals surface area contributed by atoms with Gasteiger partial charge in [-0.15, -0.1) is 0 Å². The van der Waals surface area contributed by atoms with E-state index in [-0.39, 0.29) is 0 Å². The van der Waals surface area contributed by atoms with Gasteiger partial charge in [0.05, 0.1) is 0 Å². The van der Waals surface area contributed by atoms with E-state index in [2.05, 4.69) is 11.5 Å². The zero-order chi connectivity index (χ0) is 9.42. The van der Waals surface area contributed by atoms with Crippen LogP contribution in [0.25, 0.3) is 0 Å². The minimum atomic E-state index is 0.326. The molecule has 3 atom stereocenters. The summed E-state index contributed by atoms with van der Waals surface area (Å²) in [4.78, 5) is 2.41. The van der Waals surface area contributed by atoms with E-state index in [9.17, 15) is 0 Å². The number of hydrogen-bond donors (Lipinski definition) is 1. The Balaban J connectivity index is 2.02. The average Bonchev–Trinajstić information content (AvgIpc) is 2.61. The monoisotopic (exact) mass is 201 g/mol. The molecular formula is C10H16ClNO. The highest BCUT2D eigenvalue weighted by atomic mass is 35.5. The van der Waals surface area contributed by atoms with E-state index in [0.717, 1.165) is 18.0 Å². The highest BCUT2D eigenvalue weighted by molar-refractivity contribution is 6.29. The third-order valence-electron chi connectivity index (χ3n) is 3.40. The third kappa shape index (κ3) is 1.63. The van der Waals surface area contributed by atoms with Crippen LogP contribution >= 0.6 is 11.6 Å². The van der Waals surface area contributed by atoms with Gasteiger partial charge in [0.15, 0.2) is 0 Å². The lowest BCUT2D eigenvalue weighted by atomic mass is 9.90. The van der Waals surface area contributed by atoms with Crippen molar-refractivity contribution in [2.24, 2.45) is 5.92 Å². The Kier molecular flexibility index (Phi) is 2.63. The SMILES string of the molecule is C=C(Cl)CN1C2CCC1C(CO)C2. The van der Waals surface area contributed by atoms with Gasteiger partial charge in [0, 0.05) is 30.3 Å². The fraction of sp³-hybridized carbons (Fsp3) is 0.800. The summed E-state index contributed by atoms with van der Waals surface area (Å²) in [5.41, 5.74) is 0. The molecule has 0 amide bonds. The second-order valence-corrected chi connectivity index (χ2v) is 4.70. The van der Waals surface area contributed by atoms with Crippen molar-refractivity contribution in [1.29, 1.82) is 0 Å². The fourth-order valence-corrected chi connectivity index (χ4v) is 3.01. The normalized spacial score (nSPS) is 38.5. The Hall–Kier alpha value is -0.0500. The van der Waals surface area contributed by atoms with Gasteiger partial charge < -0.3 is 5.11 Å². The molecule has 3 unspecified atom stereocenters. The smallest absolute Gasteiger partial charge is 0.0474 e. The molecule has 0 spiro atoms. The van der Waals surface area contributed by atoms with E-state index in [1.165, 1.54) is 12.8 Å². The number of hydrogen-bond acceptors (Lipinski definition) is 2.